The molecule has 3 heterocycles. The quantitative estimate of drug-likeness (QED) is 0.558. The summed E-state index contributed by atoms with van der Waals surface area (Å²) >= 11 is 5.48. The van der Waals surface area contributed by atoms with Crippen molar-refractivity contribution in [2.24, 2.45) is 7.05 Å². The lowest BCUT2D eigenvalue weighted by molar-refractivity contribution is -0.131. The van der Waals surface area contributed by atoms with Gasteiger partial charge in [-0.25, -0.2) is 13.2 Å². The third-order valence-corrected chi connectivity index (χ3v) is 6.57. The minimum Gasteiger partial charge on any atom is -0.379 e. The lowest BCUT2D eigenvalue weighted by Gasteiger charge is -2.23. The molecule has 0 spiro atoms. The number of fused-ring (bicyclic) bond motifs is 1. The molecule has 0 bridgehead atoms. The summed E-state index contributed by atoms with van der Waals surface area (Å²) in [6, 6.07) is 1.78. The number of carbonyl (C=O) groups is 1. The van der Waals surface area contributed by atoms with Crippen molar-refractivity contribution in [2.75, 3.05) is 20.3 Å². The summed E-state index contributed by atoms with van der Waals surface area (Å²) in [5, 5.41) is 0. The molecule has 1 aromatic carbocycles. The van der Waals surface area contributed by atoms with Crippen molar-refractivity contribution in [1.82, 2.24) is 14.0 Å². The Morgan fingerprint density at radius 2 is 2.03 bits per heavy atom. The second kappa shape index (κ2) is 7.60. The van der Waals surface area contributed by atoms with Gasteiger partial charge in [-0.2, -0.15) is 0 Å². The van der Waals surface area contributed by atoms with E-state index in [1.807, 2.05) is 0 Å². The third-order valence-electron chi connectivity index (χ3n) is 6.08. The van der Waals surface area contributed by atoms with Crippen LogP contribution in [0, 0.1) is 22.2 Å². The molecule has 1 fully saturated rings. The molecule has 0 radical (unpaired) electrons. The number of nitrogens with zero attached hydrogens (tertiary/aromatic N) is 3. The highest BCUT2D eigenvalue weighted by Crippen LogP contribution is 2.36. The molecule has 4 rings (SSSR count). The van der Waals surface area contributed by atoms with Crippen LogP contribution in [0.3, 0.4) is 0 Å². The summed E-state index contributed by atoms with van der Waals surface area (Å²) in [7, 11) is 3.54. The summed E-state index contributed by atoms with van der Waals surface area (Å²) < 4.78 is 51.6. The molecule has 5 nitrogen and oxygen atoms in total. The highest BCUT2D eigenvalue weighted by atomic mass is 32.1. The highest BCUT2D eigenvalue weighted by Gasteiger charge is 2.34. The molecule has 2 aliphatic heterocycles. The maximum absolute atomic E-state index is 14.3. The molecule has 2 aliphatic rings. The fourth-order valence-electron chi connectivity index (χ4n) is 4.33. The number of rotatable bonds is 4. The molecule has 2 aromatic rings. The van der Waals surface area contributed by atoms with Gasteiger partial charge in [-0.15, -0.1) is 0 Å². The maximum atomic E-state index is 14.3. The largest absolute Gasteiger partial charge is 0.379 e. The van der Waals surface area contributed by atoms with E-state index in [4.69, 9.17) is 17.0 Å². The van der Waals surface area contributed by atoms with Crippen LogP contribution in [0.2, 0.25) is 0 Å². The summed E-state index contributed by atoms with van der Waals surface area (Å²) in [5.41, 5.74) is 1.24. The first-order valence-corrected chi connectivity index (χ1v) is 9.94. The number of ether oxygens (including phenoxy) is 1. The van der Waals surface area contributed by atoms with Gasteiger partial charge in [0.2, 0.25) is 5.91 Å². The number of hydrogen-bond donors (Lipinski definition) is 0. The fourth-order valence-corrected chi connectivity index (χ4v) is 4.62. The number of imidazole rings is 1. The van der Waals surface area contributed by atoms with Crippen LogP contribution in [0.15, 0.2) is 12.1 Å². The first-order chi connectivity index (χ1) is 13.8. The van der Waals surface area contributed by atoms with Crippen molar-refractivity contribution in [3.05, 3.63) is 51.3 Å². The monoisotopic (exact) mass is 425 g/mol. The SMILES string of the molecule is CN(C(=O)Cc1c2n(c(=S)n1C)CC(c1c(F)ccc(F)c1F)C2)C1CCOC1. The van der Waals surface area contributed by atoms with Crippen LogP contribution in [0.5, 0.6) is 0 Å². The van der Waals surface area contributed by atoms with Crippen LogP contribution in [-0.4, -0.2) is 46.2 Å². The van der Waals surface area contributed by atoms with Crippen LogP contribution in [-0.2, 0) is 36.0 Å². The van der Waals surface area contributed by atoms with Crippen molar-refractivity contribution in [1.29, 1.82) is 0 Å². The Morgan fingerprint density at radius 3 is 2.72 bits per heavy atom. The second-order valence-corrected chi connectivity index (χ2v) is 8.07. The zero-order chi connectivity index (χ0) is 20.9. The smallest absolute Gasteiger partial charge is 0.228 e. The molecule has 156 valence electrons. The number of likely N-dealkylation sites (N-methyl/N-ethyl adjacent to an activating group) is 1. The lowest BCUT2D eigenvalue weighted by Crippen LogP contribution is -2.38. The zero-order valence-electron chi connectivity index (χ0n) is 16.3. The van der Waals surface area contributed by atoms with E-state index >= 15 is 0 Å². The summed E-state index contributed by atoms with van der Waals surface area (Å²) in [6.07, 6.45) is 1.23. The van der Waals surface area contributed by atoms with E-state index in [2.05, 4.69) is 0 Å². The van der Waals surface area contributed by atoms with E-state index < -0.39 is 23.4 Å². The van der Waals surface area contributed by atoms with Gasteiger partial charge < -0.3 is 18.8 Å². The van der Waals surface area contributed by atoms with E-state index in [1.165, 1.54) is 0 Å². The Labute approximate surface area is 171 Å². The van der Waals surface area contributed by atoms with Gasteiger partial charge in [0.1, 0.15) is 5.82 Å². The second-order valence-electron chi connectivity index (χ2n) is 7.70. The van der Waals surface area contributed by atoms with Crippen molar-refractivity contribution < 1.29 is 22.7 Å². The Morgan fingerprint density at radius 1 is 1.31 bits per heavy atom. The minimum absolute atomic E-state index is 0.0506. The van der Waals surface area contributed by atoms with Gasteiger partial charge in [0.15, 0.2) is 16.4 Å². The third kappa shape index (κ3) is 3.40. The van der Waals surface area contributed by atoms with E-state index in [0.29, 0.717) is 24.4 Å². The van der Waals surface area contributed by atoms with Crippen LogP contribution in [0.25, 0.3) is 0 Å². The van der Waals surface area contributed by atoms with Gasteiger partial charge in [0, 0.05) is 50.1 Å². The normalized spacial score (nSPS) is 20.9. The van der Waals surface area contributed by atoms with Gasteiger partial charge >= 0.3 is 0 Å². The van der Waals surface area contributed by atoms with E-state index in [1.54, 1.807) is 28.1 Å². The zero-order valence-corrected chi connectivity index (χ0v) is 17.1. The van der Waals surface area contributed by atoms with Gasteiger partial charge in [-0.1, -0.05) is 0 Å². The molecule has 0 aliphatic carbocycles. The van der Waals surface area contributed by atoms with Crippen LogP contribution in [0.1, 0.15) is 29.3 Å². The van der Waals surface area contributed by atoms with E-state index in [0.717, 1.165) is 29.9 Å². The van der Waals surface area contributed by atoms with Gasteiger partial charge in [0.25, 0.3) is 0 Å². The molecule has 29 heavy (non-hydrogen) atoms. The van der Waals surface area contributed by atoms with E-state index in [-0.39, 0.29) is 30.5 Å². The Balaban J connectivity index is 1.62. The average molecular weight is 425 g/mol. The first-order valence-electron chi connectivity index (χ1n) is 9.53. The molecular formula is C20H22F3N3O2S. The standard InChI is InChI=1S/C20H22F3N3O2S/c1-24(12-5-6-28-10-12)17(27)8-15-16-7-11(9-26(16)20(29)25(15)2)18-13(21)3-4-14(22)19(18)23/h3-4,11-12H,5-10H2,1-2H3. The average Bonchev–Trinajstić information content (AvgIpc) is 3.41. The predicted molar refractivity (Wildman–Crippen MR) is 103 cm³/mol. The number of amides is 1. The van der Waals surface area contributed by atoms with Crippen molar-refractivity contribution in [2.45, 2.75) is 37.8 Å². The molecule has 0 N–H and O–H groups in total. The number of benzene rings is 1. The van der Waals surface area contributed by atoms with Crippen molar-refractivity contribution in [3.63, 3.8) is 0 Å². The van der Waals surface area contributed by atoms with Crippen LogP contribution >= 0.6 is 12.2 Å². The molecule has 0 saturated carbocycles. The summed E-state index contributed by atoms with van der Waals surface area (Å²) in [5.74, 6) is -3.63. The highest BCUT2D eigenvalue weighted by molar-refractivity contribution is 7.71. The molecule has 1 saturated heterocycles. The van der Waals surface area contributed by atoms with Crippen LogP contribution < -0.4 is 0 Å². The Bertz CT molecular complexity index is 1030. The van der Waals surface area contributed by atoms with Crippen molar-refractivity contribution in [3.8, 4) is 0 Å². The Kier molecular flexibility index (Phi) is 5.29. The maximum Gasteiger partial charge on any atom is 0.228 e. The number of halogens is 3. The van der Waals surface area contributed by atoms with Gasteiger partial charge in [0.05, 0.1) is 19.1 Å². The topological polar surface area (TPSA) is 39.4 Å². The number of aromatic nitrogens is 2. The van der Waals surface area contributed by atoms with Gasteiger partial charge in [-0.3, -0.25) is 4.79 Å². The minimum atomic E-state index is -1.16. The molecule has 1 amide bonds. The molecular weight excluding hydrogens is 403 g/mol. The number of hydrogen-bond acceptors (Lipinski definition) is 3. The predicted octanol–water partition coefficient (Wildman–Crippen LogP) is 3.10. The van der Waals surface area contributed by atoms with Crippen LogP contribution in [0.4, 0.5) is 13.2 Å². The molecule has 9 heteroatoms. The molecule has 2 atom stereocenters. The molecule has 2 unspecified atom stereocenters. The number of carbonyl (C=O) groups excluding carboxylic acids is 1. The van der Waals surface area contributed by atoms with Gasteiger partial charge in [-0.05, 0) is 37.2 Å². The first kappa shape index (κ1) is 20.2. The Hall–Kier alpha value is -2.13. The lowest BCUT2D eigenvalue weighted by atomic mass is 9.95. The fraction of sp³-hybridized carbons (Fsp3) is 0.500. The van der Waals surface area contributed by atoms with E-state index in [9.17, 15) is 18.0 Å². The summed E-state index contributed by atoms with van der Waals surface area (Å²) in [4.78, 5) is 14.5. The van der Waals surface area contributed by atoms with Crippen molar-refractivity contribution >= 4 is 18.1 Å². The molecule has 1 aromatic heterocycles. The summed E-state index contributed by atoms with van der Waals surface area (Å²) in [6.45, 7) is 1.41.